The summed E-state index contributed by atoms with van der Waals surface area (Å²) in [6.45, 7) is 5.56. The Hall–Kier alpha value is -3.55. The molecule has 3 aromatic rings. The fourth-order valence-corrected chi connectivity index (χ4v) is 5.03. The maximum Gasteiger partial charge on any atom is 0.410 e. The lowest BCUT2D eigenvalue weighted by Gasteiger charge is -2.37. The number of rotatable bonds is 7. The molecule has 2 N–H and O–H groups in total. The molecule has 0 saturated heterocycles. The summed E-state index contributed by atoms with van der Waals surface area (Å²) in [5.41, 5.74) is 4.16. The first-order valence-corrected chi connectivity index (χ1v) is 13.3. The quantitative estimate of drug-likeness (QED) is 0.346. The molecule has 0 radical (unpaired) electrons. The lowest BCUT2D eigenvalue weighted by Crippen LogP contribution is -2.47. The first-order valence-electron chi connectivity index (χ1n) is 12.9. The minimum absolute atomic E-state index is 0.0874. The summed E-state index contributed by atoms with van der Waals surface area (Å²) in [5, 5.41) is 21.0. The number of halogens is 1. The Morgan fingerprint density at radius 1 is 1.03 bits per heavy atom. The van der Waals surface area contributed by atoms with Crippen LogP contribution >= 0.6 is 11.6 Å². The Kier molecular flexibility index (Phi) is 8.52. The van der Waals surface area contributed by atoms with Gasteiger partial charge < -0.3 is 24.6 Å². The van der Waals surface area contributed by atoms with E-state index >= 15 is 0 Å². The summed E-state index contributed by atoms with van der Waals surface area (Å²) in [7, 11) is 1.45. The van der Waals surface area contributed by atoms with Gasteiger partial charge in [-0.15, -0.1) is 0 Å². The van der Waals surface area contributed by atoms with Crippen molar-refractivity contribution in [2.24, 2.45) is 0 Å². The van der Waals surface area contributed by atoms with Gasteiger partial charge in [-0.25, -0.2) is 9.59 Å². The molecule has 4 rings (SSSR count). The van der Waals surface area contributed by atoms with E-state index in [1.54, 1.807) is 47.4 Å². The van der Waals surface area contributed by atoms with Crippen molar-refractivity contribution in [3.63, 3.8) is 0 Å². The van der Waals surface area contributed by atoms with Gasteiger partial charge in [0.05, 0.1) is 19.8 Å². The molecule has 0 unspecified atom stereocenters. The molecule has 39 heavy (non-hydrogen) atoms. The Bertz CT molecular complexity index is 1350. The highest BCUT2D eigenvalue weighted by Gasteiger charge is 2.33. The van der Waals surface area contributed by atoms with Gasteiger partial charge in [0.25, 0.3) is 0 Å². The van der Waals surface area contributed by atoms with E-state index in [-0.39, 0.29) is 18.2 Å². The predicted octanol–water partition coefficient (Wildman–Crippen LogP) is 6.54. The fraction of sp³-hybridized carbons (Fsp3) is 0.355. The molecule has 206 valence electrons. The number of nitrogens with zero attached hydrogens (tertiary/aromatic N) is 1. The number of carbonyl (C=O) groups is 2. The van der Waals surface area contributed by atoms with Crippen LogP contribution in [-0.4, -0.2) is 52.5 Å². The highest BCUT2D eigenvalue weighted by Crippen LogP contribution is 2.33. The SMILES string of the molecule is COc1cc(-c2ccc3c(c2)C[C@@H](N(C[C@H](O)c2ccc(Cl)cc2)C(=O)OC(C)(C)C)CC3)ccc1C(=O)O. The molecular weight excluding hydrogens is 518 g/mol. The topological polar surface area (TPSA) is 96.3 Å². The third-order valence-electron chi connectivity index (χ3n) is 6.87. The highest BCUT2D eigenvalue weighted by atomic mass is 35.5. The zero-order chi connectivity index (χ0) is 28.3. The van der Waals surface area contributed by atoms with Crippen molar-refractivity contribution >= 4 is 23.7 Å². The normalized spacial score (nSPS) is 15.7. The highest BCUT2D eigenvalue weighted by molar-refractivity contribution is 6.30. The van der Waals surface area contributed by atoms with Crippen molar-refractivity contribution in [1.29, 1.82) is 0 Å². The Morgan fingerprint density at radius 2 is 1.69 bits per heavy atom. The molecule has 0 aliphatic heterocycles. The van der Waals surface area contributed by atoms with Crippen LogP contribution in [-0.2, 0) is 17.6 Å². The second-order valence-corrected chi connectivity index (χ2v) is 11.2. The van der Waals surface area contributed by atoms with E-state index in [9.17, 15) is 19.8 Å². The first-order chi connectivity index (χ1) is 18.4. The average molecular weight is 552 g/mol. The molecule has 0 heterocycles. The van der Waals surface area contributed by atoms with Gasteiger partial charge in [0.2, 0.25) is 0 Å². The summed E-state index contributed by atoms with van der Waals surface area (Å²) in [4.78, 5) is 26.5. The van der Waals surface area contributed by atoms with Gasteiger partial charge in [0.1, 0.15) is 16.9 Å². The molecule has 2 atom stereocenters. The molecule has 0 saturated carbocycles. The lowest BCUT2D eigenvalue weighted by molar-refractivity contribution is 0.00194. The number of ether oxygens (including phenoxy) is 2. The largest absolute Gasteiger partial charge is 0.496 e. The maximum atomic E-state index is 13.3. The summed E-state index contributed by atoms with van der Waals surface area (Å²) in [6, 6.07) is 18.0. The number of aliphatic hydroxyl groups excluding tert-OH is 1. The van der Waals surface area contributed by atoms with Crippen molar-refractivity contribution < 1.29 is 29.3 Å². The van der Waals surface area contributed by atoms with Crippen LogP contribution in [0.15, 0.2) is 60.7 Å². The van der Waals surface area contributed by atoms with Crippen molar-refractivity contribution in [2.75, 3.05) is 13.7 Å². The van der Waals surface area contributed by atoms with Crippen LogP contribution in [0.3, 0.4) is 0 Å². The van der Waals surface area contributed by atoms with Crippen LogP contribution in [0.25, 0.3) is 11.1 Å². The van der Waals surface area contributed by atoms with Gasteiger partial charge in [0, 0.05) is 11.1 Å². The second kappa shape index (κ2) is 11.7. The van der Waals surface area contributed by atoms with Gasteiger partial charge in [-0.05, 0) is 92.1 Å². The third-order valence-corrected chi connectivity index (χ3v) is 7.12. The molecule has 0 spiro atoms. The number of fused-ring (bicyclic) bond motifs is 1. The molecule has 1 aliphatic carbocycles. The zero-order valence-corrected chi connectivity index (χ0v) is 23.4. The van der Waals surface area contributed by atoms with Crippen molar-refractivity contribution in [3.05, 3.63) is 87.9 Å². The van der Waals surface area contributed by atoms with Crippen LogP contribution in [0.1, 0.15) is 60.3 Å². The molecule has 1 amide bonds. The van der Waals surface area contributed by atoms with E-state index in [1.807, 2.05) is 26.8 Å². The fourth-order valence-electron chi connectivity index (χ4n) is 4.90. The van der Waals surface area contributed by atoms with Gasteiger partial charge in [-0.1, -0.05) is 48.0 Å². The lowest BCUT2D eigenvalue weighted by atomic mass is 9.85. The van der Waals surface area contributed by atoms with E-state index in [0.717, 1.165) is 29.5 Å². The number of aryl methyl sites for hydroxylation is 1. The number of methoxy groups -OCH3 is 1. The molecule has 7 nitrogen and oxygen atoms in total. The Labute approximate surface area is 233 Å². The Morgan fingerprint density at radius 3 is 2.33 bits per heavy atom. The summed E-state index contributed by atoms with van der Waals surface area (Å²) in [6.07, 6.45) is 0.745. The first kappa shape index (κ1) is 28.5. The van der Waals surface area contributed by atoms with Crippen LogP contribution in [0.2, 0.25) is 5.02 Å². The molecule has 0 aromatic heterocycles. The molecule has 0 fully saturated rings. The average Bonchev–Trinajstić information content (AvgIpc) is 2.89. The summed E-state index contributed by atoms with van der Waals surface area (Å²) < 4.78 is 11.0. The number of carboxylic acid groups (broad SMARTS) is 1. The predicted molar refractivity (Wildman–Crippen MR) is 151 cm³/mol. The zero-order valence-electron chi connectivity index (χ0n) is 22.6. The third kappa shape index (κ3) is 6.91. The summed E-state index contributed by atoms with van der Waals surface area (Å²) >= 11 is 6.01. The number of aromatic carboxylic acids is 1. The van der Waals surface area contributed by atoms with Crippen LogP contribution < -0.4 is 4.74 Å². The van der Waals surface area contributed by atoms with Crippen LogP contribution in [0.4, 0.5) is 4.79 Å². The van der Waals surface area contributed by atoms with Crippen molar-refractivity contribution in [2.45, 2.75) is 57.8 Å². The van der Waals surface area contributed by atoms with Crippen molar-refractivity contribution in [3.8, 4) is 16.9 Å². The molecule has 0 bridgehead atoms. The van der Waals surface area contributed by atoms with E-state index in [2.05, 4.69) is 12.1 Å². The van der Waals surface area contributed by atoms with Crippen LogP contribution in [0.5, 0.6) is 5.75 Å². The number of benzene rings is 3. The molecular formula is C31H34ClNO6. The number of carboxylic acids is 1. The molecule has 3 aromatic carbocycles. The van der Waals surface area contributed by atoms with Crippen LogP contribution in [0, 0.1) is 0 Å². The molecule has 1 aliphatic rings. The second-order valence-electron chi connectivity index (χ2n) is 10.8. The van der Waals surface area contributed by atoms with E-state index in [1.165, 1.54) is 12.7 Å². The maximum absolute atomic E-state index is 13.3. The van der Waals surface area contributed by atoms with E-state index in [4.69, 9.17) is 21.1 Å². The number of aliphatic hydroxyl groups is 1. The van der Waals surface area contributed by atoms with Gasteiger partial charge in [-0.2, -0.15) is 0 Å². The van der Waals surface area contributed by atoms with E-state index < -0.39 is 23.8 Å². The monoisotopic (exact) mass is 551 g/mol. The number of carbonyl (C=O) groups excluding carboxylic acids is 1. The number of hydrogen-bond acceptors (Lipinski definition) is 5. The smallest absolute Gasteiger partial charge is 0.410 e. The minimum atomic E-state index is -1.05. The van der Waals surface area contributed by atoms with Crippen molar-refractivity contribution in [1.82, 2.24) is 4.90 Å². The summed E-state index contributed by atoms with van der Waals surface area (Å²) in [5.74, 6) is -0.752. The van der Waals surface area contributed by atoms with Gasteiger partial charge in [0.15, 0.2) is 0 Å². The number of amides is 1. The van der Waals surface area contributed by atoms with Gasteiger partial charge in [-0.3, -0.25) is 0 Å². The standard InChI is InChI=1S/C31H34ClNO6/c1-31(2,3)39-30(37)33(18-27(34)20-7-11-24(32)12-8-20)25-13-9-19-5-6-21(15-23(19)16-25)22-10-14-26(29(35)36)28(17-22)38-4/h5-8,10-12,14-15,17,25,27,34H,9,13,16,18H2,1-4H3,(H,35,36)/t25-,27-/m0/s1. The number of hydrogen-bond donors (Lipinski definition) is 2. The van der Waals surface area contributed by atoms with Gasteiger partial charge >= 0.3 is 12.1 Å². The minimum Gasteiger partial charge on any atom is -0.496 e. The Balaban J connectivity index is 1.61. The van der Waals surface area contributed by atoms with E-state index in [0.29, 0.717) is 22.8 Å². The molecule has 8 heteroatoms.